The van der Waals surface area contributed by atoms with Crippen molar-refractivity contribution in [2.75, 3.05) is 0 Å². The highest BCUT2D eigenvalue weighted by Gasteiger charge is 2.20. The van der Waals surface area contributed by atoms with Gasteiger partial charge in [-0.05, 0) is 36.7 Å². The van der Waals surface area contributed by atoms with Gasteiger partial charge in [0.05, 0.1) is 0 Å². The minimum absolute atomic E-state index is 0.782. The van der Waals surface area contributed by atoms with E-state index in [4.69, 9.17) is 0 Å². The molecule has 1 aliphatic rings. The standard InChI is InChI=1S/C18H26O/c1-2-4-16-5-3-6-17(13-16)10-7-15-8-11-18(14-19)12-9-15/h8-9,11-12,14,16-17H,2-7,10,13H2,1H3. The van der Waals surface area contributed by atoms with Gasteiger partial charge in [-0.3, -0.25) is 4.79 Å². The molecule has 0 N–H and O–H groups in total. The number of hydrogen-bond donors (Lipinski definition) is 0. The fraction of sp³-hybridized carbons (Fsp3) is 0.611. The predicted octanol–water partition coefficient (Wildman–Crippen LogP) is 5.04. The highest BCUT2D eigenvalue weighted by Crippen LogP contribution is 2.34. The van der Waals surface area contributed by atoms with Crippen molar-refractivity contribution < 1.29 is 4.79 Å². The first kappa shape index (κ1) is 14.3. The molecule has 1 fully saturated rings. The van der Waals surface area contributed by atoms with E-state index < -0.39 is 0 Å². The van der Waals surface area contributed by atoms with Gasteiger partial charge in [-0.1, -0.05) is 63.3 Å². The van der Waals surface area contributed by atoms with Gasteiger partial charge in [0.2, 0.25) is 0 Å². The average molecular weight is 258 g/mol. The Bertz CT molecular complexity index is 377. The molecule has 0 aromatic heterocycles. The monoisotopic (exact) mass is 258 g/mol. The summed E-state index contributed by atoms with van der Waals surface area (Å²) in [4.78, 5) is 10.6. The van der Waals surface area contributed by atoms with Crippen molar-refractivity contribution in [2.45, 2.75) is 58.3 Å². The third-order valence-electron chi connectivity index (χ3n) is 4.55. The second-order valence-corrected chi connectivity index (χ2v) is 6.09. The second-order valence-electron chi connectivity index (χ2n) is 6.09. The molecule has 1 aromatic rings. The van der Waals surface area contributed by atoms with Gasteiger partial charge in [0.15, 0.2) is 0 Å². The van der Waals surface area contributed by atoms with Gasteiger partial charge in [0, 0.05) is 5.56 Å². The zero-order valence-corrected chi connectivity index (χ0v) is 12.1. The summed E-state index contributed by atoms with van der Waals surface area (Å²) in [6.45, 7) is 2.30. The predicted molar refractivity (Wildman–Crippen MR) is 80.5 cm³/mol. The van der Waals surface area contributed by atoms with Crippen molar-refractivity contribution in [3.63, 3.8) is 0 Å². The van der Waals surface area contributed by atoms with Crippen LogP contribution in [0.5, 0.6) is 0 Å². The van der Waals surface area contributed by atoms with Crippen molar-refractivity contribution in [3.8, 4) is 0 Å². The highest BCUT2D eigenvalue weighted by atomic mass is 16.1. The molecule has 1 nitrogen and oxygen atoms in total. The van der Waals surface area contributed by atoms with E-state index >= 15 is 0 Å². The quantitative estimate of drug-likeness (QED) is 0.653. The van der Waals surface area contributed by atoms with Gasteiger partial charge in [-0.2, -0.15) is 0 Å². The minimum Gasteiger partial charge on any atom is -0.298 e. The zero-order chi connectivity index (χ0) is 13.5. The third kappa shape index (κ3) is 4.49. The van der Waals surface area contributed by atoms with Gasteiger partial charge >= 0.3 is 0 Å². The molecular weight excluding hydrogens is 232 g/mol. The van der Waals surface area contributed by atoms with E-state index in [1.807, 2.05) is 12.1 Å². The van der Waals surface area contributed by atoms with Crippen molar-refractivity contribution in [2.24, 2.45) is 11.8 Å². The summed E-state index contributed by atoms with van der Waals surface area (Å²) in [5.41, 5.74) is 2.16. The second kappa shape index (κ2) is 7.47. The van der Waals surface area contributed by atoms with Crippen LogP contribution >= 0.6 is 0 Å². The van der Waals surface area contributed by atoms with Crippen molar-refractivity contribution in [1.82, 2.24) is 0 Å². The van der Waals surface area contributed by atoms with Crippen LogP contribution in [0.2, 0.25) is 0 Å². The van der Waals surface area contributed by atoms with Crippen LogP contribution in [-0.2, 0) is 6.42 Å². The molecule has 1 saturated carbocycles. The summed E-state index contributed by atoms with van der Waals surface area (Å²) in [7, 11) is 0. The lowest BCUT2D eigenvalue weighted by Gasteiger charge is -2.29. The molecule has 104 valence electrons. The molecule has 19 heavy (non-hydrogen) atoms. The first-order valence-electron chi connectivity index (χ1n) is 7.86. The molecule has 0 radical (unpaired) electrons. The normalized spacial score (nSPS) is 23.2. The van der Waals surface area contributed by atoms with Crippen LogP contribution in [0.3, 0.4) is 0 Å². The van der Waals surface area contributed by atoms with Gasteiger partial charge in [0.1, 0.15) is 6.29 Å². The number of rotatable bonds is 6. The van der Waals surface area contributed by atoms with Crippen molar-refractivity contribution >= 4 is 6.29 Å². The number of benzene rings is 1. The summed E-state index contributed by atoms with van der Waals surface area (Å²) in [6, 6.07) is 8.08. The fourth-order valence-corrected chi connectivity index (χ4v) is 3.47. The van der Waals surface area contributed by atoms with Gasteiger partial charge in [-0.15, -0.1) is 0 Å². The number of aldehydes is 1. The van der Waals surface area contributed by atoms with Crippen LogP contribution < -0.4 is 0 Å². The maximum absolute atomic E-state index is 10.6. The number of aryl methyl sites for hydroxylation is 1. The smallest absolute Gasteiger partial charge is 0.150 e. The lowest BCUT2D eigenvalue weighted by molar-refractivity contribution is 0.112. The van der Waals surface area contributed by atoms with E-state index in [1.165, 1.54) is 56.9 Å². The molecule has 0 aliphatic heterocycles. The van der Waals surface area contributed by atoms with Gasteiger partial charge < -0.3 is 0 Å². The number of carbonyl (C=O) groups is 1. The summed E-state index contributed by atoms with van der Waals surface area (Å²) in [5.74, 6) is 1.91. The molecule has 0 heterocycles. The molecule has 0 amide bonds. The first-order valence-corrected chi connectivity index (χ1v) is 7.86. The molecule has 0 saturated heterocycles. The maximum atomic E-state index is 10.6. The van der Waals surface area contributed by atoms with Gasteiger partial charge in [0.25, 0.3) is 0 Å². The Morgan fingerprint density at radius 2 is 1.79 bits per heavy atom. The van der Waals surface area contributed by atoms with E-state index in [9.17, 15) is 4.79 Å². The Balaban J connectivity index is 1.79. The molecule has 1 aliphatic carbocycles. The van der Waals surface area contributed by atoms with Crippen molar-refractivity contribution in [3.05, 3.63) is 35.4 Å². The summed E-state index contributed by atoms with van der Waals surface area (Å²) >= 11 is 0. The summed E-state index contributed by atoms with van der Waals surface area (Å²) in [6.07, 6.45) is 11.9. The van der Waals surface area contributed by atoms with Gasteiger partial charge in [-0.25, -0.2) is 0 Å². The van der Waals surface area contributed by atoms with E-state index in [2.05, 4.69) is 19.1 Å². The molecular formula is C18H26O. The Morgan fingerprint density at radius 3 is 2.42 bits per heavy atom. The Labute approximate surface area is 117 Å². The molecule has 2 atom stereocenters. The van der Waals surface area contributed by atoms with Crippen molar-refractivity contribution in [1.29, 1.82) is 0 Å². The van der Waals surface area contributed by atoms with E-state index in [0.29, 0.717) is 0 Å². The Hall–Kier alpha value is -1.11. The van der Waals surface area contributed by atoms with Crippen LogP contribution in [0.1, 0.15) is 67.8 Å². The Morgan fingerprint density at radius 1 is 1.11 bits per heavy atom. The SMILES string of the molecule is CCCC1CCCC(CCc2ccc(C=O)cc2)C1. The summed E-state index contributed by atoms with van der Waals surface area (Å²) < 4.78 is 0. The van der Waals surface area contributed by atoms with E-state index in [1.54, 1.807) is 0 Å². The average Bonchev–Trinajstić information content (AvgIpc) is 2.46. The van der Waals surface area contributed by atoms with Crippen LogP contribution in [0.4, 0.5) is 0 Å². The largest absolute Gasteiger partial charge is 0.298 e. The first-order chi connectivity index (χ1) is 9.31. The topological polar surface area (TPSA) is 17.1 Å². The molecule has 0 bridgehead atoms. The molecule has 0 spiro atoms. The van der Waals surface area contributed by atoms with Crippen LogP contribution in [0.25, 0.3) is 0 Å². The molecule has 1 heteroatoms. The third-order valence-corrected chi connectivity index (χ3v) is 4.55. The van der Waals surface area contributed by atoms with E-state index in [-0.39, 0.29) is 0 Å². The van der Waals surface area contributed by atoms with E-state index in [0.717, 1.165) is 23.7 Å². The number of hydrogen-bond acceptors (Lipinski definition) is 1. The molecule has 1 aromatic carbocycles. The number of carbonyl (C=O) groups excluding carboxylic acids is 1. The molecule has 2 unspecified atom stereocenters. The van der Waals surface area contributed by atoms with Crippen LogP contribution in [0.15, 0.2) is 24.3 Å². The van der Waals surface area contributed by atoms with Crippen LogP contribution in [0, 0.1) is 11.8 Å². The lowest BCUT2D eigenvalue weighted by atomic mass is 9.77. The zero-order valence-electron chi connectivity index (χ0n) is 12.1. The summed E-state index contributed by atoms with van der Waals surface area (Å²) in [5, 5.41) is 0. The minimum atomic E-state index is 0.782. The maximum Gasteiger partial charge on any atom is 0.150 e. The fourth-order valence-electron chi connectivity index (χ4n) is 3.47. The highest BCUT2D eigenvalue weighted by molar-refractivity contribution is 5.74. The van der Waals surface area contributed by atoms with Crippen LogP contribution in [-0.4, -0.2) is 6.29 Å². The lowest BCUT2D eigenvalue weighted by Crippen LogP contribution is -2.16. The Kier molecular flexibility index (Phi) is 5.62. The molecule has 2 rings (SSSR count).